The number of nitrogens with zero attached hydrogens (tertiary/aromatic N) is 4. The maximum absolute atomic E-state index is 12.5. The van der Waals surface area contributed by atoms with Crippen LogP contribution in [0.3, 0.4) is 0 Å². The number of aryl methyl sites for hydroxylation is 1. The van der Waals surface area contributed by atoms with Gasteiger partial charge in [-0.3, -0.25) is 4.79 Å². The fourth-order valence-corrected chi connectivity index (χ4v) is 3.78. The van der Waals surface area contributed by atoms with Crippen LogP contribution in [0.25, 0.3) is 10.6 Å². The van der Waals surface area contributed by atoms with Crippen LogP contribution >= 0.6 is 11.3 Å². The minimum absolute atomic E-state index is 0.0843. The normalized spacial score (nSPS) is 15.7. The molecule has 3 heterocycles. The molecule has 1 aliphatic rings. The largest absolute Gasteiger partial charge is 0.356 e. The number of carbonyl (C=O) groups excluding carboxylic acids is 1. The molecule has 0 bridgehead atoms. The summed E-state index contributed by atoms with van der Waals surface area (Å²) in [5.41, 5.74) is 1.53. The molecule has 9 heteroatoms. The topological polar surface area (TPSA) is 105 Å². The van der Waals surface area contributed by atoms with Gasteiger partial charge in [0.25, 0.3) is 0 Å². The third-order valence-corrected chi connectivity index (χ3v) is 5.16. The Morgan fingerprint density at radius 2 is 1.96 bits per heavy atom. The molecule has 3 N–H and O–H groups in total. The van der Waals surface area contributed by atoms with Crippen molar-refractivity contribution in [3.05, 3.63) is 36.2 Å². The van der Waals surface area contributed by atoms with Crippen molar-refractivity contribution in [3.8, 4) is 10.6 Å². The van der Waals surface area contributed by atoms with Crippen LogP contribution in [-0.4, -0.2) is 32.1 Å². The van der Waals surface area contributed by atoms with Crippen LogP contribution in [0.1, 0.15) is 26.1 Å². The fraction of sp³-hybridized carbons (Fsp3) is 0.316. The highest BCUT2D eigenvalue weighted by molar-refractivity contribution is 7.18. The number of rotatable bonds is 5. The summed E-state index contributed by atoms with van der Waals surface area (Å²) in [5.74, 6) is 2.03. The van der Waals surface area contributed by atoms with Crippen molar-refractivity contribution in [2.24, 2.45) is 5.92 Å². The van der Waals surface area contributed by atoms with Crippen molar-refractivity contribution in [1.29, 1.82) is 0 Å². The van der Waals surface area contributed by atoms with Crippen LogP contribution in [0.5, 0.6) is 0 Å². The average molecular weight is 395 g/mol. The van der Waals surface area contributed by atoms with E-state index in [1.165, 1.54) is 11.3 Å². The van der Waals surface area contributed by atoms with E-state index >= 15 is 0 Å². The van der Waals surface area contributed by atoms with Crippen molar-refractivity contribution in [2.75, 3.05) is 16.0 Å². The van der Waals surface area contributed by atoms with E-state index in [1.54, 1.807) is 0 Å². The molecule has 1 aromatic carbocycles. The maximum Gasteiger partial charge on any atom is 0.247 e. The molecule has 3 aromatic rings. The monoisotopic (exact) mass is 395 g/mol. The molecule has 0 saturated heterocycles. The predicted octanol–water partition coefficient (Wildman–Crippen LogP) is 3.83. The molecule has 2 aromatic heterocycles. The molecule has 1 atom stereocenters. The second-order valence-electron chi connectivity index (χ2n) is 7.06. The van der Waals surface area contributed by atoms with Gasteiger partial charge in [-0.05, 0) is 19.3 Å². The first-order valence-electron chi connectivity index (χ1n) is 9.11. The molecule has 0 spiro atoms. The molecule has 0 aliphatic carbocycles. The van der Waals surface area contributed by atoms with E-state index in [0.717, 1.165) is 17.0 Å². The van der Waals surface area contributed by atoms with E-state index < -0.39 is 0 Å². The van der Waals surface area contributed by atoms with Crippen molar-refractivity contribution in [2.45, 2.75) is 33.2 Å². The van der Waals surface area contributed by atoms with E-state index in [9.17, 15) is 4.79 Å². The van der Waals surface area contributed by atoms with Gasteiger partial charge in [-0.25, -0.2) is 9.97 Å². The van der Waals surface area contributed by atoms with E-state index in [0.29, 0.717) is 34.2 Å². The minimum Gasteiger partial charge on any atom is -0.356 e. The number of benzene rings is 1. The lowest BCUT2D eigenvalue weighted by atomic mass is 10.0. The van der Waals surface area contributed by atoms with Gasteiger partial charge in [0.05, 0.1) is 0 Å². The van der Waals surface area contributed by atoms with Gasteiger partial charge in [0.1, 0.15) is 22.6 Å². The molecule has 1 unspecified atom stereocenters. The third-order valence-electron chi connectivity index (χ3n) is 4.27. The first kappa shape index (κ1) is 18.3. The van der Waals surface area contributed by atoms with E-state index in [1.807, 2.05) is 37.3 Å². The van der Waals surface area contributed by atoms with Gasteiger partial charge in [0.15, 0.2) is 11.6 Å². The van der Waals surface area contributed by atoms with E-state index in [2.05, 4.69) is 50.0 Å². The third kappa shape index (κ3) is 3.79. The highest BCUT2D eigenvalue weighted by Gasteiger charge is 2.30. The van der Waals surface area contributed by atoms with Crippen molar-refractivity contribution >= 4 is 39.7 Å². The number of carbonyl (C=O) groups is 1. The van der Waals surface area contributed by atoms with Crippen LogP contribution in [0.15, 0.2) is 30.3 Å². The van der Waals surface area contributed by atoms with Crippen LogP contribution in [0, 0.1) is 12.8 Å². The SMILES string of the molecule is Cc1nc(Nc2nnc(-c3ccccc3)s2)c2c(n1)NC(CC(C)C)C(=O)N2. The number of fused-ring (bicyclic) bond motifs is 1. The first-order valence-corrected chi connectivity index (χ1v) is 9.93. The lowest BCUT2D eigenvalue weighted by Gasteiger charge is -2.28. The second kappa shape index (κ2) is 7.51. The molecule has 28 heavy (non-hydrogen) atoms. The fourth-order valence-electron chi connectivity index (χ4n) is 3.04. The number of nitrogens with one attached hydrogen (secondary N) is 3. The van der Waals surface area contributed by atoms with Crippen LogP contribution in [0.2, 0.25) is 0 Å². The summed E-state index contributed by atoms with van der Waals surface area (Å²) in [6.45, 7) is 5.99. The molecule has 144 valence electrons. The lowest BCUT2D eigenvalue weighted by molar-refractivity contribution is -0.117. The molecule has 4 rings (SSSR count). The molecule has 1 aliphatic heterocycles. The molecule has 1 amide bonds. The summed E-state index contributed by atoms with van der Waals surface area (Å²) < 4.78 is 0. The van der Waals surface area contributed by atoms with E-state index in [4.69, 9.17) is 0 Å². The van der Waals surface area contributed by atoms with Gasteiger partial charge in [-0.1, -0.05) is 55.5 Å². The Hall–Kier alpha value is -3.07. The average Bonchev–Trinajstić information content (AvgIpc) is 3.12. The Morgan fingerprint density at radius 1 is 1.18 bits per heavy atom. The minimum atomic E-state index is -0.305. The highest BCUT2D eigenvalue weighted by Crippen LogP contribution is 2.35. The summed E-state index contributed by atoms with van der Waals surface area (Å²) in [6, 6.07) is 9.55. The van der Waals surface area contributed by atoms with E-state index in [-0.39, 0.29) is 11.9 Å². The lowest BCUT2D eigenvalue weighted by Crippen LogP contribution is -2.40. The molecule has 0 saturated carbocycles. The number of aromatic nitrogens is 4. The Bertz CT molecular complexity index is 1000. The zero-order chi connectivity index (χ0) is 19.7. The summed E-state index contributed by atoms with van der Waals surface area (Å²) >= 11 is 1.42. The van der Waals surface area contributed by atoms with Gasteiger partial charge in [0.2, 0.25) is 11.0 Å². The van der Waals surface area contributed by atoms with Crippen LogP contribution in [0.4, 0.5) is 22.5 Å². The number of anilines is 4. The molecule has 0 fully saturated rings. The first-order chi connectivity index (χ1) is 13.5. The molecule has 8 nitrogen and oxygen atoms in total. The Morgan fingerprint density at radius 3 is 2.71 bits per heavy atom. The van der Waals surface area contributed by atoms with Crippen molar-refractivity contribution < 1.29 is 4.79 Å². The van der Waals surface area contributed by atoms with Gasteiger partial charge in [-0.15, -0.1) is 10.2 Å². The molecule has 0 radical (unpaired) electrons. The van der Waals surface area contributed by atoms with Crippen molar-refractivity contribution in [3.63, 3.8) is 0 Å². The Balaban J connectivity index is 1.61. The molecular weight excluding hydrogens is 374 g/mol. The predicted molar refractivity (Wildman–Crippen MR) is 111 cm³/mol. The van der Waals surface area contributed by atoms with Gasteiger partial charge in [0, 0.05) is 5.56 Å². The zero-order valence-electron chi connectivity index (χ0n) is 15.9. The zero-order valence-corrected chi connectivity index (χ0v) is 16.7. The number of amides is 1. The van der Waals surface area contributed by atoms with Crippen LogP contribution in [-0.2, 0) is 4.79 Å². The molecular formula is C19H21N7OS. The second-order valence-corrected chi connectivity index (χ2v) is 8.04. The summed E-state index contributed by atoms with van der Waals surface area (Å²) in [5, 5.41) is 19.2. The standard InChI is InChI=1S/C19H21N7OS/c1-10(2)9-13-17(27)23-14-15(22-13)20-11(3)21-16(14)24-19-26-25-18(28-19)12-7-5-4-6-8-12/h4-8,10,13H,9H2,1-3H3,(H,23,27)(H2,20,21,22,24,26). The number of hydrogen-bond acceptors (Lipinski definition) is 8. The van der Waals surface area contributed by atoms with Crippen LogP contribution < -0.4 is 16.0 Å². The van der Waals surface area contributed by atoms with Gasteiger partial charge in [-0.2, -0.15) is 0 Å². The summed E-state index contributed by atoms with van der Waals surface area (Å²) in [4.78, 5) is 21.4. The smallest absolute Gasteiger partial charge is 0.247 e. The number of hydrogen-bond donors (Lipinski definition) is 3. The van der Waals surface area contributed by atoms with Gasteiger partial charge < -0.3 is 16.0 Å². The quantitative estimate of drug-likeness (QED) is 0.603. The van der Waals surface area contributed by atoms with Gasteiger partial charge >= 0.3 is 0 Å². The summed E-state index contributed by atoms with van der Waals surface area (Å²) in [7, 11) is 0. The maximum atomic E-state index is 12.5. The highest BCUT2D eigenvalue weighted by atomic mass is 32.1. The van der Waals surface area contributed by atoms with Crippen molar-refractivity contribution in [1.82, 2.24) is 20.2 Å². The Labute approximate surface area is 166 Å². The summed E-state index contributed by atoms with van der Waals surface area (Å²) in [6.07, 6.45) is 0.730. The Kier molecular flexibility index (Phi) is 4.91.